The molecule has 0 N–H and O–H groups in total. The molecule has 150 valence electrons. The van der Waals surface area contributed by atoms with Crippen molar-refractivity contribution >= 4 is 16.6 Å². The van der Waals surface area contributed by atoms with Crippen molar-refractivity contribution in [1.82, 2.24) is 19.2 Å². The molecule has 0 saturated heterocycles. The van der Waals surface area contributed by atoms with Gasteiger partial charge in [-0.25, -0.2) is 9.78 Å². The summed E-state index contributed by atoms with van der Waals surface area (Å²) in [6.45, 7) is 2.07. The highest BCUT2D eigenvalue weighted by Gasteiger charge is 2.30. The van der Waals surface area contributed by atoms with Gasteiger partial charge in [-0.05, 0) is 36.2 Å². The third-order valence-electron chi connectivity index (χ3n) is 4.85. The number of aromatic nitrogens is 4. The Balaban J connectivity index is 1.87. The van der Waals surface area contributed by atoms with E-state index >= 15 is 0 Å². The van der Waals surface area contributed by atoms with Crippen LogP contribution in [0.5, 0.6) is 0 Å². The summed E-state index contributed by atoms with van der Waals surface area (Å²) in [7, 11) is 0. The van der Waals surface area contributed by atoms with Gasteiger partial charge in [0, 0.05) is 11.8 Å². The van der Waals surface area contributed by atoms with Gasteiger partial charge in [-0.2, -0.15) is 17.7 Å². The molecule has 2 aromatic carbocycles. The minimum absolute atomic E-state index is 0.00333. The summed E-state index contributed by atoms with van der Waals surface area (Å²) in [5, 5.41) is 5.08. The second-order valence-corrected chi connectivity index (χ2v) is 6.95. The number of fused-ring (bicyclic) bond motifs is 3. The first-order valence-corrected chi connectivity index (χ1v) is 9.42. The lowest BCUT2D eigenvalue weighted by atomic mass is 10.1. The molecular formula is C21H19F3N4O. The maximum Gasteiger partial charge on any atom is 0.416 e. The Bertz CT molecular complexity index is 1240. The second kappa shape index (κ2) is 7.35. The molecule has 0 amide bonds. The summed E-state index contributed by atoms with van der Waals surface area (Å²) >= 11 is 0. The summed E-state index contributed by atoms with van der Waals surface area (Å²) in [4.78, 5) is 17.6. The van der Waals surface area contributed by atoms with Gasteiger partial charge in [0.1, 0.15) is 0 Å². The van der Waals surface area contributed by atoms with Crippen LogP contribution in [0.3, 0.4) is 0 Å². The molecule has 0 fully saturated rings. The molecule has 2 aromatic heterocycles. The second-order valence-electron chi connectivity index (χ2n) is 6.95. The highest BCUT2D eigenvalue weighted by Crippen LogP contribution is 2.30. The van der Waals surface area contributed by atoms with E-state index in [9.17, 15) is 18.0 Å². The predicted octanol–water partition coefficient (Wildman–Crippen LogP) is 4.45. The Labute approximate surface area is 164 Å². The number of unbranched alkanes of at least 4 members (excludes halogenated alkanes) is 1. The molecule has 0 spiro atoms. The first kappa shape index (κ1) is 19.2. The Kier molecular flexibility index (Phi) is 4.86. The number of aryl methyl sites for hydroxylation is 1. The first-order chi connectivity index (χ1) is 13.9. The fourth-order valence-corrected chi connectivity index (χ4v) is 3.40. The Morgan fingerprint density at radius 2 is 1.86 bits per heavy atom. The van der Waals surface area contributed by atoms with Crippen LogP contribution in [0.4, 0.5) is 13.2 Å². The lowest BCUT2D eigenvalue weighted by Gasteiger charge is -2.13. The number of hydrogen-bond acceptors (Lipinski definition) is 3. The van der Waals surface area contributed by atoms with Crippen LogP contribution in [-0.4, -0.2) is 19.2 Å². The van der Waals surface area contributed by atoms with Crippen molar-refractivity contribution in [3.63, 3.8) is 0 Å². The number of rotatable bonds is 5. The molecule has 4 aromatic rings. The van der Waals surface area contributed by atoms with Crippen LogP contribution in [0, 0.1) is 0 Å². The minimum Gasteiger partial charge on any atom is -0.287 e. The van der Waals surface area contributed by atoms with Crippen LogP contribution < -0.4 is 5.69 Å². The molecule has 29 heavy (non-hydrogen) atoms. The SMILES string of the molecule is CCCCc1nc2c3ccccc3n(Cc3cccc(C(F)(F)F)c3)c(=O)n2n1. The average Bonchev–Trinajstić information content (AvgIpc) is 3.14. The zero-order valence-electron chi connectivity index (χ0n) is 15.8. The third-order valence-corrected chi connectivity index (χ3v) is 4.85. The normalized spacial score (nSPS) is 12.1. The number of nitrogens with zero attached hydrogens (tertiary/aromatic N) is 4. The molecule has 4 rings (SSSR count). The third kappa shape index (κ3) is 3.62. The monoisotopic (exact) mass is 400 g/mol. The summed E-state index contributed by atoms with van der Waals surface area (Å²) in [5.74, 6) is 0.589. The smallest absolute Gasteiger partial charge is 0.287 e. The van der Waals surface area contributed by atoms with Crippen molar-refractivity contribution < 1.29 is 13.2 Å². The fraction of sp³-hybridized carbons (Fsp3) is 0.286. The zero-order valence-corrected chi connectivity index (χ0v) is 15.8. The van der Waals surface area contributed by atoms with E-state index in [-0.39, 0.29) is 6.54 Å². The molecule has 0 unspecified atom stereocenters. The standard InChI is InChI=1S/C21H19F3N4O/c1-2-3-11-18-25-19-16-9-4-5-10-17(16)27(20(29)28(19)26-18)13-14-7-6-8-15(12-14)21(22,23)24/h4-10,12H,2-3,11,13H2,1H3. The van der Waals surface area contributed by atoms with E-state index in [2.05, 4.69) is 17.0 Å². The zero-order chi connectivity index (χ0) is 20.6. The average molecular weight is 400 g/mol. The van der Waals surface area contributed by atoms with E-state index in [1.54, 1.807) is 18.2 Å². The highest BCUT2D eigenvalue weighted by atomic mass is 19.4. The Hall–Kier alpha value is -3.16. The summed E-state index contributed by atoms with van der Waals surface area (Å²) in [6, 6.07) is 12.2. The summed E-state index contributed by atoms with van der Waals surface area (Å²) in [5.41, 5.74) is 0.300. The first-order valence-electron chi connectivity index (χ1n) is 9.42. The van der Waals surface area contributed by atoms with Crippen LogP contribution in [-0.2, 0) is 19.1 Å². The van der Waals surface area contributed by atoms with Gasteiger partial charge in [0.25, 0.3) is 0 Å². The van der Waals surface area contributed by atoms with E-state index in [1.165, 1.54) is 15.1 Å². The molecule has 0 bridgehead atoms. The van der Waals surface area contributed by atoms with Crippen LogP contribution in [0.15, 0.2) is 53.3 Å². The van der Waals surface area contributed by atoms with E-state index in [0.29, 0.717) is 29.0 Å². The van der Waals surface area contributed by atoms with Crippen molar-refractivity contribution in [1.29, 1.82) is 0 Å². The molecule has 0 saturated carbocycles. The van der Waals surface area contributed by atoms with Gasteiger partial charge in [0.05, 0.1) is 17.6 Å². The number of para-hydroxylation sites is 1. The van der Waals surface area contributed by atoms with Gasteiger partial charge in [-0.1, -0.05) is 37.6 Å². The fourth-order valence-electron chi connectivity index (χ4n) is 3.40. The van der Waals surface area contributed by atoms with E-state index in [4.69, 9.17) is 0 Å². The maximum absolute atomic E-state index is 13.1. The number of benzene rings is 2. The van der Waals surface area contributed by atoms with Crippen LogP contribution in [0.1, 0.15) is 36.7 Å². The molecule has 0 aliphatic heterocycles. The molecule has 5 nitrogen and oxygen atoms in total. The molecule has 0 aliphatic carbocycles. The molecule has 8 heteroatoms. The van der Waals surface area contributed by atoms with Crippen molar-refractivity contribution in [2.45, 2.75) is 38.9 Å². The van der Waals surface area contributed by atoms with Crippen molar-refractivity contribution in [2.75, 3.05) is 0 Å². The Morgan fingerprint density at radius 3 is 2.62 bits per heavy atom. The van der Waals surface area contributed by atoms with Crippen LogP contribution in [0.2, 0.25) is 0 Å². The lowest BCUT2D eigenvalue weighted by molar-refractivity contribution is -0.137. The molecule has 2 heterocycles. The predicted molar refractivity (Wildman–Crippen MR) is 104 cm³/mol. The van der Waals surface area contributed by atoms with Gasteiger partial charge in [0.15, 0.2) is 11.5 Å². The summed E-state index contributed by atoms with van der Waals surface area (Å²) in [6.07, 6.45) is -1.88. The number of alkyl halides is 3. The molecular weight excluding hydrogens is 381 g/mol. The van der Waals surface area contributed by atoms with Gasteiger partial charge < -0.3 is 0 Å². The number of halogens is 3. The topological polar surface area (TPSA) is 52.2 Å². The lowest BCUT2D eigenvalue weighted by Crippen LogP contribution is -2.28. The molecule has 0 aliphatic rings. The minimum atomic E-state index is -4.44. The highest BCUT2D eigenvalue weighted by molar-refractivity contribution is 5.91. The molecule has 0 atom stereocenters. The van der Waals surface area contributed by atoms with Crippen molar-refractivity contribution in [2.24, 2.45) is 0 Å². The Morgan fingerprint density at radius 1 is 1.07 bits per heavy atom. The van der Waals surface area contributed by atoms with Gasteiger partial charge in [-0.3, -0.25) is 4.57 Å². The van der Waals surface area contributed by atoms with E-state index < -0.39 is 17.4 Å². The summed E-state index contributed by atoms with van der Waals surface area (Å²) < 4.78 is 41.9. The van der Waals surface area contributed by atoms with Crippen LogP contribution in [0.25, 0.3) is 16.6 Å². The van der Waals surface area contributed by atoms with Crippen molar-refractivity contribution in [3.05, 3.63) is 76.0 Å². The van der Waals surface area contributed by atoms with Crippen LogP contribution >= 0.6 is 0 Å². The largest absolute Gasteiger partial charge is 0.416 e. The van der Waals surface area contributed by atoms with Gasteiger partial charge in [0.2, 0.25) is 0 Å². The van der Waals surface area contributed by atoms with Crippen molar-refractivity contribution in [3.8, 4) is 0 Å². The maximum atomic E-state index is 13.1. The molecule has 0 radical (unpaired) electrons. The van der Waals surface area contributed by atoms with Gasteiger partial charge >= 0.3 is 11.9 Å². The van der Waals surface area contributed by atoms with E-state index in [0.717, 1.165) is 30.4 Å². The van der Waals surface area contributed by atoms with E-state index in [1.807, 2.05) is 12.1 Å². The quantitative estimate of drug-likeness (QED) is 0.497. The van der Waals surface area contributed by atoms with Gasteiger partial charge in [-0.15, -0.1) is 5.10 Å². The number of hydrogen-bond donors (Lipinski definition) is 0.